The molecule has 0 spiro atoms. The van der Waals surface area contributed by atoms with Crippen molar-refractivity contribution < 1.29 is 23.6 Å². The molecule has 0 amide bonds. The van der Waals surface area contributed by atoms with Crippen molar-refractivity contribution in [2.45, 2.75) is 27.7 Å². The van der Waals surface area contributed by atoms with Crippen molar-refractivity contribution in [2.75, 3.05) is 20.3 Å². The highest BCUT2D eigenvalue weighted by atomic mass is 16.6. The minimum atomic E-state index is -0.533. The fraction of sp³-hybridized carbons (Fsp3) is 0.258. The Morgan fingerprint density at radius 1 is 1.05 bits per heavy atom. The average molecular weight is 571 g/mol. The van der Waals surface area contributed by atoms with Crippen LogP contribution >= 0.6 is 0 Å². The van der Waals surface area contributed by atoms with E-state index in [0.29, 0.717) is 38.9 Å². The van der Waals surface area contributed by atoms with Gasteiger partial charge in [-0.15, -0.1) is 0 Å². The normalized spacial score (nSPS) is 11.8. The van der Waals surface area contributed by atoms with Gasteiger partial charge in [-0.25, -0.2) is 4.98 Å². The van der Waals surface area contributed by atoms with Crippen molar-refractivity contribution in [3.63, 3.8) is 0 Å². The highest BCUT2D eigenvalue weighted by Gasteiger charge is 2.25. The van der Waals surface area contributed by atoms with E-state index < -0.39 is 10.5 Å². The standard InChI is InChI=1S/C31H30N4O7/c1-6-40-26-15-19(14-23(35(37)38)28(26)41-18-31(2,3)4)17-32-34-29(33-22-11-8-7-10-20(22)30(34)36)27-16-21-24(39-5)12-9-13-25(21)42-27/h7-17H,6,18H2,1-5H3. The Bertz CT molecular complexity index is 1880. The molecule has 5 rings (SSSR count). The van der Waals surface area contributed by atoms with Crippen LogP contribution in [-0.4, -0.2) is 41.1 Å². The lowest BCUT2D eigenvalue weighted by atomic mass is 9.98. The van der Waals surface area contributed by atoms with E-state index in [-0.39, 0.29) is 41.6 Å². The summed E-state index contributed by atoms with van der Waals surface area (Å²) < 4.78 is 24.2. The van der Waals surface area contributed by atoms with Crippen molar-refractivity contribution in [2.24, 2.45) is 10.5 Å². The summed E-state index contributed by atoms with van der Waals surface area (Å²) in [4.78, 5) is 29.8. The Kier molecular flexibility index (Phi) is 7.66. The Balaban J connectivity index is 1.67. The topological polar surface area (TPSA) is 131 Å². The Morgan fingerprint density at radius 3 is 2.55 bits per heavy atom. The second-order valence-electron chi connectivity index (χ2n) is 10.7. The third-order valence-corrected chi connectivity index (χ3v) is 6.24. The van der Waals surface area contributed by atoms with Gasteiger partial charge in [-0.3, -0.25) is 14.9 Å². The molecule has 0 saturated heterocycles. The third kappa shape index (κ3) is 5.67. The number of para-hydroxylation sites is 1. The third-order valence-electron chi connectivity index (χ3n) is 6.24. The van der Waals surface area contributed by atoms with E-state index in [2.05, 4.69) is 10.1 Å². The molecule has 42 heavy (non-hydrogen) atoms. The maximum atomic E-state index is 13.6. The second-order valence-corrected chi connectivity index (χ2v) is 10.7. The maximum Gasteiger partial charge on any atom is 0.315 e. The van der Waals surface area contributed by atoms with Crippen molar-refractivity contribution in [3.8, 4) is 28.8 Å². The van der Waals surface area contributed by atoms with Crippen molar-refractivity contribution in [1.82, 2.24) is 9.66 Å². The molecule has 3 aromatic carbocycles. The molecule has 0 fully saturated rings. The van der Waals surface area contributed by atoms with E-state index in [1.165, 1.54) is 12.3 Å². The molecule has 11 heteroatoms. The van der Waals surface area contributed by atoms with Gasteiger partial charge in [0.05, 0.1) is 47.8 Å². The van der Waals surface area contributed by atoms with Gasteiger partial charge in [0, 0.05) is 11.6 Å². The molecule has 5 aromatic rings. The van der Waals surface area contributed by atoms with Gasteiger partial charge in [-0.2, -0.15) is 9.78 Å². The Hall–Kier alpha value is -5.19. The molecule has 11 nitrogen and oxygen atoms in total. The first kappa shape index (κ1) is 28.3. The zero-order valence-corrected chi connectivity index (χ0v) is 23.9. The summed E-state index contributed by atoms with van der Waals surface area (Å²) in [5.41, 5.74) is 0.379. The summed E-state index contributed by atoms with van der Waals surface area (Å²) >= 11 is 0. The van der Waals surface area contributed by atoms with Gasteiger partial charge < -0.3 is 18.6 Å². The molecular formula is C31H30N4O7. The number of fused-ring (bicyclic) bond motifs is 2. The van der Waals surface area contributed by atoms with Crippen LogP contribution in [0.3, 0.4) is 0 Å². The largest absolute Gasteiger partial charge is 0.496 e. The van der Waals surface area contributed by atoms with Crippen LogP contribution in [-0.2, 0) is 0 Å². The van der Waals surface area contributed by atoms with E-state index in [0.717, 1.165) is 4.68 Å². The first-order chi connectivity index (χ1) is 20.1. The second kappa shape index (κ2) is 11.4. The number of methoxy groups -OCH3 is 1. The SMILES string of the molecule is CCOc1cc(C=Nn2c(-c3cc4c(OC)cccc4o3)nc3ccccc3c2=O)cc([N+](=O)[O-])c1OCC(C)(C)C. The lowest BCUT2D eigenvalue weighted by Crippen LogP contribution is -2.20. The van der Waals surface area contributed by atoms with Crippen LogP contribution < -0.4 is 19.8 Å². The molecular weight excluding hydrogens is 540 g/mol. The van der Waals surface area contributed by atoms with E-state index >= 15 is 0 Å². The zero-order chi connectivity index (χ0) is 30.0. The Labute approximate surface area is 241 Å². The quantitative estimate of drug-likeness (QED) is 0.112. The van der Waals surface area contributed by atoms with Gasteiger partial charge in [0.2, 0.25) is 11.6 Å². The number of aromatic nitrogens is 2. The van der Waals surface area contributed by atoms with Crippen LogP contribution in [0.2, 0.25) is 0 Å². The minimum absolute atomic E-state index is 0.0374. The van der Waals surface area contributed by atoms with Gasteiger partial charge in [0.15, 0.2) is 11.5 Å². The number of benzene rings is 3. The van der Waals surface area contributed by atoms with Crippen LogP contribution in [0.5, 0.6) is 17.2 Å². The highest BCUT2D eigenvalue weighted by Crippen LogP contribution is 2.39. The monoisotopic (exact) mass is 570 g/mol. The van der Waals surface area contributed by atoms with Gasteiger partial charge in [-0.1, -0.05) is 39.0 Å². The minimum Gasteiger partial charge on any atom is -0.496 e. The predicted octanol–water partition coefficient (Wildman–Crippen LogP) is 6.43. The van der Waals surface area contributed by atoms with Crippen LogP contribution in [0.4, 0.5) is 5.69 Å². The van der Waals surface area contributed by atoms with Crippen LogP contribution in [0.15, 0.2) is 75.0 Å². The number of nitrogens with zero attached hydrogens (tertiary/aromatic N) is 4. The number of nitro groups is 1. The molecule has 0 aliphatic rings. The number of nitro benzene ring substituents is 1. The summed E-state index contributed by atoms with van der Waals surface area (Å²) in [6.07, 6.45) is 1.34. The van der Waals surface area contributed by atoms with Gasteiger partial charge in [-0.05, 0) is 48.7 Å². The van der Waals surface area contributed by atoms with Crippen LogP contribution in [0, 0.1) is 15.5 Å². The van der Waals surface area contributed by atoms with Crippen molar-refractivity contribution >= 4 is 33.8 Å². The highest BCUT2D eigenvalue weighted by molar-refractivity contribution is 5.89. The first-order valence-electron chi connectivity index (χ1n) is 13.3. The number of ether oxygens (including phenoxy) is 3. The lowest BCUT2D eigenvalue weighted by Gasteiger charge is -2.20. The lowest BCUT2D eigenvalue weighted by molar-refractivity contribution is -0.386. The fourth-order valence-corrected chi connectivity index (χ4v) is 4.35. The first-order valence-corrected chi connectivity index (χ1v) is 13.3. The Morgan fingerprint density at radius 2 is 1.83 bits per heavy atom. The molecule has 0 radical (unpaired) electrons. The summed E-state index contributed by atoms with van der Waals surface area (Å²) in [5.74, 6) is 1.28. The van der Waals surface area contributed by atoms with Gasteiger partial charge in [0.25, 0.3) is 5.56 Å². The molecule has 0 aliphatic heterocycles. The molecule has 216 valence electrons. The molecule has 0 unspecified atom stereocenters. The van der Waals surface area contributed by atoms with Gasteiger partial charge >= 0.3 is 5.69 Å². The van der Waals surface area contributed by atoms with Gasteiger partial charge in [0.1, 0.15) is 11.3 Å². The fourth-order valence-electron chi connectivity index (χ4n) is 4.35. The number of rotatable bonds is 9. The smallest absolute Gasteiger partial charge is 0.315 e. The van der Waals surface area contributed by atoms with E-state index in [4.69, 9.17) is 18.6 Å². The number of hydrogen-bond acceptors (Lipinski definition) is 9. The number of furan rings is 1. The molecule has 0 saturated carbocycles. The van der Waals surface area contributed by atoms with E-state index in [1.54, 1.807) is 68.6 Å². The molecule has 0 atom stereocenters. The molecule has 2 heterocycles. The summed E-state index contributed by atoms with van der Waals surface area (Å²) in [5, 5.41) is 17.5. The van der Waals surface area contributed by atoms with Crippen molar-refractivity contribution in [1.29, 1.82) is 0 Å². The number of hydrogen-bond donors (Lipinski definition) is 0. The van der Waals surface area contributed by atoms with E-state index in [1.807, 2.05) is 20.8 Å². The maximum absolute atomic E-state index is 13.6. The summed E-state index contributed by atoms with van der Waals surface area (Å²) in [6, 6.07) is 16.9. The zero-order valence-electron chi connectivity index (χ0n) is 23.9. The average Bonchev–Trinajstić information content (AvgIpc) is 3.40. The predicted molar refractivity (Wildman–Crippen MR) is 160 cm³/mol. The van der Waals surface area contributed by atoms with Crippen LogP contribution in [0.1, 0.15) is 33.3 Å². The molecule has 0 aliphatic carbocycles. The van der Waals surface area contributed by atoms with Crippen LogP contribution in [0.25, 0.3) is 33.5 Å². The van der Waals surface area contributed by atoms with Crippen molar-refractivity contribution in [3.05, 3.63) is 86.7 Å². The molecule has 0 N–H and O–H groups in total. The summed E-state index contributed by atoms with van der Waals surface area (Å²) in [7, 11) is 1.56. The molecule has 0 bridgehead atoms. The molecule has 2 aromatic heterocycles. The summed E-state index contributed by atoms with van der Waals surface area (Å²) in [6.45, 7) is 8.17. The van der Waals surface area contributed by atoms with E-state index in [9.17, 15) is 14.9 Å².